The van der Waals surface area contributed by atoms with Gasteiger partial charge in [-0.25, -0.2) is 9.78 Å². The Morgan fingerprint density at radius 2 is 1.86 bits per heavy atom. The van der Waals surface area contributed by atoms with Crippen LogP contribution in [0, 0.1) is 11.3 Å². The lowest BCUT2D eigenvalue weighted by Crippen LogP contribution is -2.37. The third kappa shape index (κ3) is 3.64. The quantitative estimate of drug-likeness (QED) is 0.431. The van der Waals surface area contributed by atoms with E-state index in [0.29, 0.717) is 11.3 Å². The van der Waals surface area contributed by atoms with Gasteiger partial charge in [0.15, 0.2) is 11.2 Å². The third-order valence-corrected chi connectivity index (χ3v) is 4.12. The van der Waals surface area contributed by atoms with E-state index in [0.717, 1.165) is 4.57 Å². The number of hydrogen-bond acceptors (Lipinski definition) is 7. The molecular formula is C18H17N5O5. The van der Waals surface area contributed by atoms with E-state index in [1.54, 1.807) is 24.3 Å². The van der Waals surface area contributed by atoms with Crippen LogP contribution in [0.1, 0.15) is 5.56 Å². The molecule has 0 amide bonds. The Morgan fingerprint density at radius 1 is 1.14 bits per heavy atom. The van der Waals surface area contributed by atoms with E-state index >= 15 is 0 Å². The van der Waals surface area contributed by atoms with E-state index < -0.39 is 17.2 Å². The monoisotopic (exact) mass is 383 g/mol. The number of carbonyl (C=O) groups excluding carboxylic acids is 1. The number of ether oxygens (including phenoxy) is 2. The molecule has 10 heteroatoms. The van der Waals surface area contributed by atoms with Crippen molar-refractivity contribution in [2.45, 2.75) is 6.54 Å². The summed E-state index contributed by atoms with van der Waals surface area (Å²) in [5, 5.41) is 8.74. The molecule has 0 aliphatic carbocycles. The number of rotatable bonds is 6. The molecule has 0 bridgehead atoms. The summed E-state index contributed by atoms with van der Waals surface area (Å²) >= 11 is 0. The van der Waals surface area contributed by atoms with Gasteiger partial charge in [0, 0.05) is 14.1 Å². The molecule has 2 heterocycles. The summed E-state index contributed by atoms with van der Waals surface area (Å²) in [6, 6.07) is 8.56. The fraction of sp³-hybridized carbons (Fsp3) is 0.278. The van der Waals surface area contributed by atoms with Crippen molar-refractivity contribution in [1.82, 2.24) is 18.7 Å². The molecule has 28 heavy (non-hydrogen) atoms. The molecule has 3 rings (SSSR count). The van der Waals surface area contributed by atoms with E-state index in [4.69, 9.17) is 14.7 Å². The van der Waals surface area contributed by atoms with Gasteiger partial charge in [-0.3, -0.25) is 18.7 Å². The fourth-order valence-electron chi connectivity index (χ4n) is 2.64. The van der Waals surface area contributed by atoms with Crippen LogP contribution in [0.3, 0.4) is 0 Å². The van der Waals surface area contributed by atoms with Crippen molar-refractivity contribution < 1.29 is 14.3 Å². The van der Waals surface area contributed by atoms with E-state index in [-0.39, 0.29) is 30.9 Å². The molecule has 0 spiro atoms. The minimum atomic E-state index is -0.571. The first kappa shape index (κ1) is 18.9. The maximum absolute atomic E-state index is 12.3. The number of esters is 1. The summed E-state index contributed by atoms with van der Waals surface area (Å²) < 4.78 is 14.1. The lowest BCUT2D eigenvalue weighted by molar-refractivity contribution is -0.145. The molecule has 0 aliphatic rings. The SMILES string of the molecule is Cn1c(=O)c2c(ncn2CC(=O)OCCOc2ccc(C#N)cc2)n(C)c1=O. The standard InChI is InChI=1S/C18H17N5O5/c1-21-16-15(17(25)22(2)18(21)26)23(11-20-16)10-14(24)28-8-7-27-13-5-3-12(9-19)4-6-13/h3-6,11H,7-8,10H2,1-2H3. The molecule has 0 unspecified atom stereocenters. The molecule has 0 N–H and O–H groups in total. The number of fused-ring (bicyclic) bond motifs is 1. The largest absolute Gasteiger partial charge is 0.490 e. The lowest BCUT2D eigenvalue weighted by Gasteiger charge is -2.09. The molecule has 0 radical (unpaired) electrons. The van der Waals surface area contributed by atoms with Gasteiger partial charge in [0.1, 0.15) is 25.5 Å². The first-order valence-electron chi connectivity index (χ1n) is 8.32. The van der Waals surface area contributed by atoms with Crippen molar-refractivity contribution in [3.05, 3.63) is 57.0 Å². The van der Waals surface area contributed by atoms with Gasteiger partial charge in [0.05, 0.1) is 18.0 Å². The number of nitrogens with zero attached hydrogens (tertiary/aromatic N) is 5. The summed E-state index contributed by atoms with van der Waals surface area (Å²) in [6.07, 6.45) is 1.32. The van der Waals surface area contributed by atoms with Crippen LogP contribution in [0.15, 0.2) is 40.2 Å². The Kier molecular flexibility index (Phi) is 5.26. The molecule has 1 aromatic carbocycles. The predicted octanol–water partition coefficient (Wildman–Crippen LogP) is -0.0724. The highest BCUT2D eigenvalue weighted by Gasteiger charge is 2.16. The number of carbonyl (C=O) groups is 1. The number of aromatic nitrogens is 4. The number of nitriles is 1. The predicted molar refractivity (Wildman–Crippen MR) is 97.8 cm³/mol. The van der Waals surface area contributed by atoms with Crippen LogP contribution in [0.2, 0.25) is 0 Å². The molecule has 10 nitrogen and oxygen atoms in total. The van der Waals surface area contributed by atoms with Crippen LogP contribution in [0.4, 0.5) is 0 Å². The third-order valence-electron chi connectivity index (χ3n) is 4.12. The van der Waals surface area contributed by atoms with Crippen molar-refractivity contribution >= 4 is 17.1 Å². The summed E-state index contributed by atoms with van der Waals surface area (Å²) in [5.41, 5.74) is -0.159. The van der Waals surface area contributed by atoms with E-state index in [1.165, 1.54) is 29.6 Å². The number of imidazole rings is 1. The zero-order chi connectivity index (χ0) is 20.3. The van der Waals surface area contributed by atoms with E-state index in [9.17, 15) is 14.4 Å². The van der Waals surface area contributed by atoms with Crippen molar-refractivity contribution in [3.8, 4) is 11.8 Å². The summed E-state index contributed by atoms with van der Waals surface area (Å²) in [6.45, 7) is -0.0681. The highest BCUT2D eigenvalue weighted by atomic mass is 16.6. The first-order valence-corrected chi connectivity index (χ1v) is 8.32. The maximum atomic E-state index is 12.3. The second kappa shape index (κ2) is 7.79. The first-order chi connectivity index (χ1) is 13.4. The van der Waals surface area contributed by atoms with Crippen LogP contribution in [0.25, 0.3) is 11.2 Å². The molecule has 0 atom stereocenters. The van der Waals surface area contributed by atoms with E-state index in [2.05, 4.69) is 4.98 Å². The van der Waals surface area contributed by atoms with Crippen molar-refractivity contribution in [2.24, 2.45) is 14.1 Å². The average Bonchev–Trinajstić information content (AvgIpc) is 3.12. The minimum absolute atomic E-state index is 0.0158. The Hall–Kier alpha value is -3.87. The van der Waals surface area contributed by atoms with Gasteiger partial charge in [0.25, 0.3) is 5.56 Å². The van der Waals surface area contributed by atoms with Crippen molar-refractivity contribution in [1.29, 1.82) is 5.26 Å². The molecule has 0 saturated carbocycles. The Bertz CT molecular complexity index is 1180. The Morgan fingerprint density at radius 3 is 2.54 bits per heavy atom. The van der Waals surface area contributed by atoms with Gasteiger partial charge in [-0.1, -0.05) is 0 Å². The average molecular weight is 383 g/mol. The Labute approximate surface area is 158 Å². The van der Waals surface area contributed by atoms with Gasteiger partial charge in [0.2, 0.25) is 0 Å². The summed E-state index contributed by atoms with van der Waals surface area (Å²) in [5.74, 6) is -0.0151. The van der Waals surface area contributed by atoms with Crippen LogP contribution < -0.4 is 16.0 Å². The van der Waals surface area contributed by atoms with Gasteiger partial charge in [-0.2, -0.15) is 5.26 Å². The number of benzene rings is 1. The van der Waals surface area contributed by atoms with Gasteiger partial charge >= 0.3 is 11.7 Å². The second-order valence-corrected chi connectivity index (χ2v) is 5.96. The Balaban J connectivity index is 1.60. The fourth-order valence-corrected chi connectivity index (χ4v) is 2.64. The van der Waals surface area contributed by atoms with Gasteiger partial charge < -0.3 is 14.0 Å². The van der Waals surface area contributed by atoms with Crippen molar-refractivity contribution in [3.63, 3.8) is 0 Å². The molecule has 3 aromatic rings. The molecule has 144 valence electrons. The highest BCUT2D eigenvalue weighted by molar-refractivity contribution is 5.75. The highest BCUT2D eigenvalue weighted by Crippen LogP contribution is 2.11. The smallest absolute Gasteiger partial charge is 0.332 e. The molecule has 2 aromatic heterocycles. The molecule has 0 aliphatic heterocycles. The lowest BCUT2D eigenvalue weighted by atomic mass is 10.2. The summed E-state index contributed by atoms with van der Waals surface area (Å²) in [7, 11) is 2.86. The zero-order valence-electron chi connectivity index (χ0n) is 15.3. The van der Waals surface area contributed by atoms with Crippen LogP contribution in [0.5, 0.6) is 5.75 Å². The number of hydrogen-bond donors (Lipinski definition) is 0. The van der Waals surface area contributed by atoms with E-state index in [1.807, 2.05) is 6.07 Å². The zero-order valence-corrected chi connectivity index (χ0v) is 15.3. The van der Waals surface area contributed by atoms with Gasteiger partial charge in [-0.15, -0.1) is 0 Å². The van der Waals surface area contributed by atoms with Crippen LogP contribution >= 0.6 is 0 Å². The summed E-state index contributed by atoms with van der Waals surface area (Å²) in [4.78, 5) is 40.3. The van der Waals surface area contributed by atoms with Crippen LogP contribution in [-0.2, 0) is 30.2 Å². The second-order valence-electron chi connectivity index (χ2n) is 5.96. The topological polar surface area (TPSA) is 121 Å². The molecule has 0 saturated heterocycles. The van der Waals surface area contributed by atoms with Crippen LogP contribution in [-0.4, -0.2) is 37.9 Å². The maximum Gasteiger partial charge on any atom is 0.332 e. The van der Waals surface area contributed by atoms with Crippen molar-refractivity contribution in [2.75, 3.05) is 13.2 Å². The minimum Gasteiger partial charge on any atom is -0.490 e. The van der Waals surface area contributed by atoms with Gasteiger partial charge in [-0.05, 0) is 24.3 Å². The molecule has 0 fully saturated rings. The number of aryl methyl sites for hydroxylation is 1. The molecular weight excluding hydrogens is 366 g/mol. The normalized spacial score (nSPS) is 10.6.